The number of hydrogen-bond acceptors (Lipinski definition) is 4. The molecule has 3 aliphatic rings. The summed E-state index contributed by atoms with van der Waals surface area (Å²) in [5.74, 6) is 0.286. The molecule has 0 unspecified atom stereocenters. The second kappa shape index (κ2) is 5.97. The van der Waals surface area contributed by atoms with Crippen LogP contribution in [0.25, 0.3) is 0 Å². The number of esters is 1. The Bertz CT molecular complexity index is 696. The van der Waals surface area contributed by atoms with Crippen LogP contribution in [0, 0.1) is 29.6 Å². The molecule has 2 aliphatic carbocycles. The molecule has 1 aromatic rings. The van der Waals surface area contributed by atoms with Crippen LogP contribution in [-0.4, -0.2) is 24.4 Å². The minimum absolute atomic E-state index is 0.0580. The van der Waals surface area contributed by atoms with Gasteiger partial charge in [-0.2, -0.15) is 0 Å². The number of fused-ring (bicyclic) bond motifs is 5. The molecule has 2 saturated carbocycles. The first-order valence-electron chi connectivity index (χ1n) is 9.12. The van der Waals surface area contributed by atoms with E-state index in [0.717, 1.165) is 19.3 Å². The van der Waals surface area contributed by atoms with Crippen molar-refractivity contribution >= 4 is 23.5 Å². The van der Waals surface area contributed by atoms with Gasteiger partial charge in [-0.1, -0.05) is 13.8 Å². The summed E-state index contributed by atoms with van der Waals surface area (Å²) in [5, 5.41) is 0. The molecule has 1 heterocycles. The highest BCUT2D eigenvalue weighted by Gasteiger charge is 2.61. The lowest BCUT2D eigenvalue weighted by atomic mass is 9.81. The fourth-order valence-corrected chi connectivity index (χ4v) is 4.74. The first-order valence-corrected chi connectivity index (χ1v) is 9.12. The Hall–Kier alpha value is -2.17. The van der Waals surface area contributed by atoms with Gasteiger partial charge in [-0.3, -0.25) is 14.5 Å². The van der Waals surface area contributed by atoms with Crippen LogP contribution in [0.15, 0.2) is 24.3 Å². The molecule has 5 nitrogen and oxygen atoms in total. The van der Waals surface area contributed by atoms with E-state index in [1.807, 2.05) is 13.8 Å². The first-order chi connectivity index (χ1) is 12.0. The Kier molecular flexibility index (Phi) is 3.89. The predicted molar refractivity (Wildman–Crippen MR) is 91.9 cm³/mol. The number of carbonyl (C=O) groups is 3. The van der Waals surface area contributed by atoms with E-state index in [4.69, 9.17) is 4.74 Å². The number of imide groups is 1. The average Bonchev–Trinajstić information content (AvgIpc) is 3.27. The molecule has 25 heavy (non-hydrogen) atoms. The Balaban J connectivity index is 1.52. The van der Waals surface area contributed by atoms with Gasteiger partial charge in [-0.05, 0) is 61.3 Å². The maximum atomic E-state index is 12.8. The first kappa shape index (κ1) is 16.3. The van der Waals surface area contributed by atoms with Gasteiger partial charge in [-0.15, -0.1) is 0 Å². The summed E-state index contributed by atoms with van der Waals surface area (Å²) in [4.78, 5) is 38.9. The molecule has 2 bridgehead atoms. The molecule has 2 amide bonds. The number of rotatable bonds is 4. The molecule has 4 rings (SSSR count). The number of anilines is 1. The normalized spacial score (nSPS) is 30.3. The highest BCUT2D eigenvalue weighted by Crippen LogP contribution is 2.56. The molecule has 1 aromatic carbocycles. The molecule has 1 saturated heterocycles. The summed E-state index contributed by atoms with van der Waals surface area (Å²) >= 11 is 0. The van der Waals surface area contributed by atoms with Crippen LogP contribution in [0.2, 0.25) is 0 Å². The largest absolute Gasteiger partial charge is 0.462 e. The van der Waals surface area contributed by atoms with Crippen molar-refractivity contribution in [3.05, 3.63) is 29.8 Å². The topological polar surface area (TPSA) is 63.7 Å². The predicted octanol–water partition coefficient (Wildman–Crippen LogP) is 3.03. The monoisotopic (exact) mass is 341 g/mol. The third kappa shape index (κ3) is 2.57. The van der Waals surface area contributed by atoms with E-state index >= 15 is 0 Å². The van der Waals surface area contributed by atoms with Crippen LogP contribution in [0.1, 0.15) is 43.5 Å². The van der Waals surface area contributed by atoms with Gasteiger partial charge in [0.2, 0.25) is 11.8 Å². The van der Waals surface area contributed by atoms with E-state index in [2.05, 4.69) is 0 Å². The average molecular weight is 341 g/mol. The van der Waals surface area contributed by atoms with Crippen LogP contribution < -0.4 is 4.90 Å². The second-order valence-electron chi connectivity index (χ2n) is 7.94. The fourth-order valence-electron chi connectivity index (χ4n) is 4.74. The zero-order valence-corrected chi connectivity index (χ0v) is 14.6. The van der Waals surface area contributed by atoms with E-state index in [9.17, 15) is 14.4 Å². The Morgan fingerprint density at radius 2 is 1.64 bits per heavy atom. The second-order valence-corrected chi connectivity index (χ2v) is 7.94. The van der Waals surface area contributed by atoms with Crippen molar-refractivity contribution in [2.75, 3.05) is 11.5 Å². The summed E-state index contributed by atoms with van der Waals surface area (Å²) in [6, 6.07) is 6.60. The summed E-state index contributed by atoms with van der Waals surface area (Å²) in [6.45, 7) is 4.33. The zero-order valence-electron chi connectivity index (χ0n) is 14.6. The lowest BCUT2D eigenvalue weighted by Crippen LogP contribution is -2.32. The van der Waals surface area contributed by atoms with Gasteiger partial charge >= 0.3 is 5.97 Å². The molecule has 1 aliphatic heterocycles. The van der Waals surface area contributed by atoms with Crippen LogP contribution in [0.3, 0.4) is 0 Å². The van der Waals surface area contributed by atoms with Crippen molar-refractivity contribution in [3.8, 4) is 0 Å². The van der Waals surface area contributed by atoms with E-state index < -0.39 is 0 Å². The van der Waals surface area contributed by atoms with Crippen LogP contribution >= 0.6 is 0 Å². The zero-order chi connectivity index (χ0) is 17.7. The third-order valence-corrected chi connectivity index (χ3v) is 5.84. The van der Waals surface area contributed by atoms with Crippen molar-refractivity contribution in [1.29, 1.82) is 0 Å². The molecule has 0 N–H and O–H groups in total. The van der Waals surface area contributed by atoms with E-state index in [0.29, 0.717) is 29.7 Å². The Morgan fingerprint density at radius 1 is 1.08 bits per heavy atom. The summed E-state index contributed by atoms with van der Waals surface area (Å²) in [6.07, 6.45) is 3.17. The number of benzene rings is 1. The fraction of sp³-hybridized carbons (Fsp3) is 0.550. The van der Waals surface area contributed by atoms with Gasteiger partial charge in [0, 0.05) is 0 Å². The minimum Gasteiger partial charge on any atom is -0.462 e. The molecule has 0 spiro atoms. The quantitative estimate of drug-likeness (QED) is 0.624. The highest BCUT2D eigenvalue weighted by atomic mass is 16.5. The van der Waals surface area contributed by atoms with E-state index in [-0.39, 0.29) is 35.5 Å². The van der Waals surface area contributed by atoms with Crippen LogP contribution in [0.5, 0.6) is 0 Å². The maximum absolute atomic E-state index is 12.8. The molecule has 5 heteroatoms. The van der Waals surface area contributed by atoms with Crippen molar-refractivity contribution in [1.82, 2.24) is 0 Å². The van der Waals surface area contributed by atoms with Crippen molar-refractivity contribution in [3.63, 3.8) is 0 Å². The van der Waals surface area contributed by atoms with Gasteiger partial charge in [0.1, 0.15) is 0 Å². The SMILES string of the molecule is CC(C)COC(=O)c1ccc(N2C(=O)[C@@H]3[C@@H]4CC[C@@H](C4)[C@@H]3C2=O)cc1. The van der Waals surface area contributed by atoms with Crippen molar-refractivity contribution in [2.45, 2.75) is 33.1 Å². The summed E-state index contributed by atoms with van der Waals surface area (Å²) < 4.78 is 5.21. The lowest BCUT2D eigenvalue weighted by Gasteiger charge is -2.19. The van der Waals surface area contributed by atoms with Crippen molar-refractivity contribution < 1.29 is 19.1 Å². The molecule has 0 radical (unpaired) electrons. The molecular formula is C20H23NO4. The minimum atomic E-state index is -0.380. The molecule has 4 atom stereocenters. The van der Waals surface area contributed by atoms with E-state index in [1.54, 1.807) is 24.3 Å². The lowest BCUT2D eigenvalue weighted by molar-refractivity contribution is -0.123. The van der Waals surface area contributed by atoms with Gasteiger partial charge in [0.05, 0.1) is 29.7 Å². The van der Waals surface area contributed by atoms with Gasteiger partial charge in [0.25, 0.3) is 0 Å². The standard InChI is InChI=1S/C20H23NO4/c1-11(2)10-25-20(24)12-5-7-15(8-6-12)21-18(22)16-13-3-4-14(9-13)17(16)19(21)23/h5-8,11,13-14,16-17H,3-4,9-10H2,1-2H3/t13-,14+,16-,17+. The number of amides is 2. The number of nitrogens with zero attached hydrogens (tertiary/aromatic N) is 1. The third-order valence-electron chi connectivity index (χ3n) is 5.84. The van der Waals surface area contributed by atoms with Crippen LogP contribution in [0.4, 0.5) is 5.69 Å². The Morgan fingerprint density at radius 3 is 2.16 bits per heavy atom. The Labute approximate surface area is 147 Å². The molecule has 0 aromatic heterocycles. The van der Waals surface area contributed by atoms with Crippen LogP contribution in [-0.2, 0) is 14.3 Å². The van der Waals surface area contributed by atoms with E-state index in [1.165, 1.54) is 4.90 Å². The van der Waals surface area contributed by atoms with Gasteiger partial charge < -0.3 is 4.74 Å². The summed E-state index contributed by atoms with van der Waals surface area (Å²) in [5.41, 5.74) is 0.993. The number of carbonyl (C=O) groups excluding carboxylic acids is 3. The smallest absolute Gasteiger partial charge is 0.338 e. The van der Waals surface area contributed by atoms with Gasteiger partial charge in [-0.25, -0.2) is 4.79 Å². The number of hydrogen-bond donors (Lipinski definition) is 0. The number of ether oxygens (including phenoxy) is 1. The highest BCUT2D eigenvalue weighted by molar-refractivity contribution is 6.22. The van der Waals surface area contributed by atoms with Crippen molar-refractivity contribution in [2.24, 2.45) is 29.6 Å². The molecule has 3 fully saturated rings. The van der Waals surface area contributed by atoms with Gasteiger partial charge in [0.15, 0.2) is 0 Å². The molecular weight excluding hydrogens is 318 g/mol. The summed E-state index contributed by atoms with van der Waals surface area (Å²) in [7, 11) is 0. The molecule has 132 valence electrons. The maximum Gasteiger partial charge on any atom is 0.338 e.